The van der Waals surface area contributed by atoms with Crippen LogP contribution in [0.15, 0.2) is 0 Å². The molecule has 104 valence electrons. The van der Waals surface area contributed by atoms with Crippen LogP contribution < -0.4 is 0 Å². The largest absolute Gasteiger partial charge is 0.500 e. The third kappa shape index (κ3) is 5.63. The molecular weight excluding hydrogens is 250 g/mol. The van der Waals surface area contributed by atoms with Gasteiger partial charge >= 0.3 is 8.80 Å². The number of nitrogens with zero attached hydrogens (tertiary/aromatic N) is 1. The Morgan fingerprint density at radius 2 is 1.41 bits per heavy atom. The van der Waals surface area contributed by atoms with Crippen molar-refractivity contribution in [1.29, 1.82) is 0 Å². The molecule has 0 aromatic heterocycles. The summed E-state index contributed by atoms with van der Waals surface area (Å²) in [5.74, 6) is 0. The Hall–Kier alpha value is 0.274. The monoisotopic (exact) mass is 279 g/mol. The van der Waals surface area contributed by atoms with E-state index in [4.69, 9.17) is 13.3 Å². The fraction of sp³-hybridized carbons (Fsp3) is 1.00. The van der Waals surface area contributed by atoms with Gasteiger partial charge in [0, 0.05) is 27.4 Å². The lowest BCUT2D eigenvalue weighted by Gasteiger charge is -2.34. The summed E-state index contributed by atoms with van der Waals surface area (Å²) in [6.07, 6.45) is 1.07. The van der Waals surface area contributed by atoms with E-state index in [1.165, 1.54) is 0 Å². The predicted octanol–water partition coefficient (Wildman–Crippen LogP) is 2.41. The van der Waals surface area contributed by atoms with E-state index in [0.717, 1.165) is 25.6 Å². The van der Waals surface area contributed by atoms with E-state index in [2.05, 4.69) is 31.1 Å². The van der Waals surface area contributed by atoms with Gasteiger partial charge in [-0.2, -0.15) is 0 Å². The topological polar surface area (TPSA) is 30.9 Å². The van der Waals surface area contributed by atoms with Crippen molar-refractivity contribution >= 4 is 17.0 Å². The molecule has 0 atom stereocenters. The fourth-order valence-electron chi connectivity index (χ4n) is 2.01. The average molecular weight is 280 g/mol. The molecular formula is C11H29NO3Si2. The lowest BCUT2D eigenvalue weighted by atomic mass is 10.5. The Balaban J connectivity index is 4.20. The van der Waals surface area contributed by atoms with Crippen LogP contribution in [0.5, 0.6) is 0 Å². The minimum atomic E-state index is -2.37. The second-order valence-electron chi connectivity index (χ2n) is 5.15. The second-order valence-corrected chi connectivity index (χ2v) is 13.2. The molecule has 0 aliphatic carbocycles. The zero-order valence-electron chi connectivity index (χ0n) is 12.5. The zero-order valence-corrected chi connectivity index (χ0v) is 14.5. The van der Waals surface area contributed by atoms with Crippen molar-refractivity contribution in [2.24, 2.45) is 0 Å². The molecule has 0 heterocycles. The highest BCUT2D eigenvalue weighted by molar-refractivity contribution is 6.73. The van der Waals surface area contributed by atoms with Crippen LogP contribution in [0, 0.1) is 0 Å². The van der Waals surface area contributed by atoms with E-state index < -0.39 is 17.0 Å². The Labute approximate surface area is 109 Å². The summed E-state index contributed by atoms with van der Waals surface area (Å²) in [5, 5.41) is 0. The lowest BCUT2D eigenvalue weighted by Crippen LogP contribution is -2.48. The van der Waals surface area contributed by atoms with Crippen molar-refractivity contribution in [2.75, 3.05) is 34.4 Å². The molecule has 0 fully saturated rings. The van der Waals surface area contributed by atoms with Crippen LogP contribution in [0.2, 0.25) is 25.7 Å². The fourth-order valence-corrected chi connectivity index (χ4v) is 5.49. The van der Waals surface area contributed by atoms with Crippen molar-refractivity contribution in [3.05, 3.63) is 0 Å². The standard InChI is InChI=1S/C11H29NO3Si2/c1-8-12(16(5,6)7)10-9-11-17(13-2,14-3)15-4/h8-11H2,1-7H3. The molecule has 4 nitrogen and oxygen atoms in total. The van der Waals surface area contributed by atoms with Crippen molar-refractivity contribution in [3.8, 4) is 0 Å². The maximum absolute atomic E-state index is 5.42. The summed E-state index contributed by atoms with van der Waals surface area (Å²) in [6, 6.07) is 0.886. The Bertz CT molecular complexity index is 197. The molecule has 0 unspecified atom stereocenters. The molecule has 0 rings (SSSR count). The summed E-state index contributed by atoms with van der Waals surface area (Å²) in [7, 11) is 1.47. The van der Waals surface area contributed by atoms with Gasteiger partial charge in [-0.1, -0.05) is 26.6 Å². The first kappa shape index (κ1) is 17.3. The first-order valence-electron chi connectivity index (χ1n) is 6.25. The minimum absolute atomic E-state index is 0.886. The molecule has 0 spiro atoms. The van der Waals surface area contributed by atoms with Gasteiger partial charge in [0.2, 0.25) is 0 Å². The summed E-state index contributed by atoms with van der Waals surface area (Å²) in [6.45, 7) is 11.6. The van der Waals surface area contributed by atoms with E-state index in [1.54, 1.807) is 21.3 Å². The molecule has 0 aliphatic heterocycles. The summed E-state index contributed by atoms with van der Waals surface area (Å²) in [5.41, 5.74) is 0. The third-order valence-corrected chi connectivity index (χ3v) is 8.44. The molecule has 0 N–H and O–H groups in total. The Morgan fingerprint density at radius 3 is 1.71 bits per heavy atom. The first-order chi connectivity index (χ1) is 7.85. The Kier molecular flexibility index (Phi) is 7.78. The molecule has 6 heteroatoms. The molecule has 0 bridgehead atoms. The predicted molar refractivity (Wildman–Crippen MR) is 76.8 cm³/mol. The molecule has 0 aliphatic rings. The summed E-state index contributed by atoms with van der Waals surface area (Å²) in [4.78, 5) is 0. The molecule has 0 saturated carbocycles. The maximum Gasteiger partial charge on any atom is 0.500 e. The van der Waals surface area contributed by atoms with Gasteiger partial charge in [-0.3, -0.25) is 0 Å². The van der Waals surface area contributed by atoms with E-state index in [0.29, 0.717) is 0 Å². The zero-order chi connectivity index (χ0) is 13.5. The van der Waals surface area contributed by atoms with Gasteiger partial charge in [0.1, 0.15) is 8.24 Å². The second kappa shape index (κ2) is 7.65. The maximum atomic E-state index is 5.42. The van der Waals surface area contributed by atoms with E-state index in [-0.39, 0.29) is 0 Å². The number of rotatable bonds is 9. The highest BCUT2D eigenvalue weighted by Gasteiger charge is 2.37. The van der Waals surface area contributed by atoms with Crippen LogP contribution in [-0.2, 0) is 13.3 Å². The molecule has 0 aromatic rings. The van der Waals surface area contributed by atoms with Gasteiger partial charge < -0.3 is 17.8 Å². The quantitative estimate of drug-likeness (QED) is 0.607. The van der Waals surface area contributed by atoms with Gasteiger partial charge in [0.05, 0.1) is 0 Å². The van der Waals surface area contributed by atoms with E-state index in [1.807, 2.05) is 0 Å². The van der Waals surface area contributed by atoms with Crippen LogP contribution in [0.1, 0.15) is 13.3 Å². The van der Waals surface area contributed by atoms with Crippen molar-refractivity contribution < 1.29 is 13.3 Å². The van der Waals surface area contributed by atoms with Crippen molar-refractivity contribution in [1.82, 2.24) is 4.57 Å². The van der Waals surface area contributed by atoms with Gasteiger partial charge in [-0.25, -0.2) is 0 Å². The smallest absolute Gasteiger partial charge is 0.377 e. The molecule has 0 amide bonds. The summed E-state index contributed by atoms with van der Waals surface area (Å²) >= 11 is 0. The molecule has 0 saturated heterocycles. The van der Waals surface area contributed by atoms with E-state index >= 15 is 0 Å². The van der Waals surface area contributed by atoms with Crippen LogP contribution in [0.4, 0.5) is 0 Å². The van der Waals surface area contributed by atoms with Gasteiger partial charge in [0.25, 0.3) is 0 Å². The summed E-state index contributed by atoms with van der Waals surface area (Å²) < 4.78 is 18.9. The lowest BCUT2D eigenvalue weighted by molar-refractivity contribution is 0.122. The minimum Gasteiger partial charge on any atom is -0.377 e. The SMILES string of the molecule is CCN(CCC[Si](OC)(OC)OC)[Si](C)(C)C. The normalized spacial score (nSPS) is 13.4. The van der Waals surface area contributed by atoms with Crippen LogP contribution >= 0.6 is 0 Å². The first-order valence-corrected chi connectivity index (χ1v) is 11.6. The number of hydrogen-bond acceptors (Lipinski definition) is 4. The van der Waals surface area contributed by atoms with Crippen molar-refractivity contribution in [2.45, 2.75) is 39.0 Å². The van der Waals surface area contributed by atoms with Crippen molar-refractivity contribution in [3.63, 3.8) is 0 Å². The van der Waals surface area contributed by atoms with Crippen LogP contribution in [0.25, 0.3) is 0 Å². The third-order valence-electron chi connectivity index (χ3n) is 3.17. The molecule has 17 heavy (non-hydrogen) atoms. The van der Waals surface area contributed by atoms with Crippen LogP contribution in [0.3, 0.4) is 0 Å². The molecule has 0 aromatic carbocycles. The van der Waals surface area contributed by atoms with Gasteiger partial charge in [-0.15, -0.1) is 0 Å². The highest BCUT2D eigenvalue weighted by atomic mass is 28.4. The van der Waals surface area contributed by atoms with E-state index in [9.17, 15) is 0 Å². The molecule has 0 radical (unpaired) electrons. The van der Waals surface area contributed by atoms with Gasteiger partial charge in [0.15, 0.2) is 0 Å². The Morgan fingerprint density at radius 1 is 0.941 bits per heavy atom. The van der Waals surface area contributed by atoms with Gasteiger partial charge in [-0.05, 0) is 19.5 Å². The van der Waals surface area contributed by atoms with Crippen LogP contribution in [-0.4, -0.2) is 56.0 Å². The highest BCUT2D eigenvalue weighted by Crippen LogP contribution is 2.17. The average Bonchev–Trinajstić information content (AvgIpc) is 2.29. The number of hydrogen-bond donors (Lipinski definition) is 0.